The van der Waals surface area contributed by atoms with Crippen molar-refractivity contribution in [2.45, 2.75) is 19.4 Å². The first kappa shape index (κ1) is 9.36. The maximum atomic E-state index is 5.70. The predicted molar refractivity (Wildman–Crippen MR) is 57.0 cm³/mol. The minimum atomic E-state index is 0.161. The van der Waals surface area contributed by atoms with Crippen molar-refractivity contribution in [1.29, 1.82) is 0 Å². The fraction of sp³-hybridized carbons (Fsp3) is 0.333. The van der Waals surface area contributed by atoms with Gasteiger partial charge >= 0.3 is 0 Å². The molecule has 4 nitrogen and oxygen atoms in total. The van der Waals surface area contributed by atoms with Gasteiger partial charge in [-0.1, -0.05) is 0 Å². The van der Waals surface area contributed by atoms with Gasteiger partial charge in [0.15, 0.2) is 0 Å². The highest BCUT2D eigenvalue weighted by Crippen LogP contribution is 2.22. The molecule has 0 aromatic carbocycles. The SMILES string of the molecule is CC(N)Cc1csc(-c2cn[nH]c2)n1. The van der Waals surface area contributed by atoms with Crippen LogP contribution in [0.5, 0.6) is 0 Å². The molecule has 0 saturated heterocycles. The first-order chi connectivity index (χ1) is 6.75. The van der Waals surface area contributed by atoms with E-state index in [4.69, 9.17) is 5.73 Å². The molecule has 1 atom stereocenters. The molecule has 3 N–H and O–H groups in total. The summed E-state index contributed by atoms with van der Waals surface area (Å²) in [5, 5.41) is 9.70. The van der Waals surface area contributed by atoms with E-state index >= 15 is 0 Å². The van der Waals surface area contributed by atoms with E-state index in [1.807, 2.05) is 18.5 Å². The molecule has 1 unspecified atom stereocenters. The van der Waals surface area contributed by atoms with Gasteiger partial charge in [0.25, 0.3) is 0 Å². The molecular formula is C9H12N4S. The molecule has 2 rings (SSSR count). The summed E-state index contributed by atoms with van der Waals surface area (Å²) in [6.45, 7) is 1.98. The molecule has 2 aromatic heterocycles. The molecule has 5 heteroatoms. The van der Waals surface area contributed by atoms with Crippen LogP contribution in [0.25, 0.3) is 10.6 Å². The molecule has 0 aliphatic carbocycles. The van der Waals surface area contributed by atoms with Crippen molar-refractivity contribution in [1.82, 2.24) is 15.2 Å². The molecule has 0 saturated carbocycles. The van der Waals surface area contributed by atoms with Crippen LogP contribution in [0.3, 0.4) is 0 Å². The second-order valence-corrected chi connectivity index (χ2v) is 4.17. The Hall–Kier alpha value is -1.20. The number of aromatic nitrogens is 3. The van der Waals surface area contributed by atoms with Crippen LogP contribution in [-0.2, 0) is 6.42 Å². The zero-order chi connectivity index (χ0) is 9.97. The predicted octanol–water partition coefficient (Wildman–Crippen LogP) is 1.42. The van der Waals surface area contributed by atoms with Crippen molar-refractivity contribution < 1.29 is 0 Å². The Morgan fingerprint density at radius 1 is 1.64 bits per heavy atom. The van der Waals surface area contributed by atoms with Gasteiger partial charge in [-0.2, -0.15) is 5.10 Å². The monoisotopic (exact) mass is 208 g/mol. The van der Waals surface area contributed by atoms with E-state index < -0.39 is 0 Å². The van der Waals surface area contributed by atoms with Crippen molar-refractivity contribution in [3.8, 4) is 10.6 Å². The van der Waals surface area contributed by atoms with Gasteiger partial charge in [-0.05, 0) is 6.92 Å². The molecule has 74 valence electrons. The van der Waals surface area contributed by atoms with Crippen LogP contribution in [0.4, 0.5) is 0 Å². The normalized spacial score (nSPS) is 13.0. The minimum absolute atomic E-state index is 0.161. The second kappa shape index (κ2) is 3.89. The number of rotatable bonds is 3. The van der Waals surface area contributed by atoms with E-state index in [1.165, 1.54) is 0 Å². The summed E-state index contributed by atoms with van der Waals surface area (Å²) in [6.07, 6.45) is 4.44. The number of nitrogens with two attached hydrogens (primary N) is 1. The van der Waals surface area contributed by atoms with Crippen molar-refractivity contribution in [2.75, 3.05) is 0 Å². The van der Waals surface area contributed by atoms with Crippen molar-refractivity contribution in [3.05, 3.63) is 23.5 Å². The Labute approximate surface area is 86.2 Å². The summed E-state index contributed by atoms with van der Waals surface area (Å²) in [7, 11) is 0. The van der Waals surface area contributed by atoms with Gasteiger partial charge in [-0.25, -0.2) is 4.98 Å². The fourth-order valence-electron chi connectivity index (χ4n) is 1.23. The fourth-order valence-corrected chi connectivity index (χ4v) is 2.05. The summed E-state index contributed by atoms with van der Waals surface area (Å²) in [5.74, 6) is 0. The highest BCUT2D eigenvalue weighted by molar-refractivity contribution is 7.13. The lowest BCUT2D eigenvalue weighted by atomic mass is 10.2. The number of nitrogens with one attached hydrogen (secondary N) is 1. The molecule has 0 radical (unpaired) electrons. The number of nitrogens with zero attached hydrogens (tertiary/aromatic N) is 2. The van der Waals surface area contributed by atoms with Crippen LogP contribution in [0.1, 0.15) is 12.6 Å². The summed E-state index contributed by atoms with van der Waals surface area (Å²) in [5.41, 5.74) is 7.79. The van der Waals surface area contributed by atoms with Crippen LogP contribution in [0.15, 0.2) is 17.8 Å². The quantitative estimate of drug-likeness (QED) is 0.801. The number of hydrogen-bond acceptors (Lipinski definition) is 4. The summed E-state index contributed by atoms with van der Waals surface area (Å²) in [4.78, 5) is 4.47. The number of aromatic amines is 1. The smallest absolute Gasteiger partial charge is 0.126 e. The molecule has 0 spiro atoms. The lowest BCUT2D eigenvalue weighted by Crippen LogP contribution is -2.17. The topological polar surface area (TPSA) is 67.6 Å². The minimum Gasteiger partial charge on any atom is -0.328 e. The van der Waals surface area contributed by atoms with E-state index in [2.05, 4.69) is 15.2 Å². The van der Waals surface area contributed by atoms with Crippen LogP contribution in [0, 0.1) is 0 Å². The average Bonchev–Trinajstić information content (AvgIpc) is 2.69. The maximum Gasteiger partial charge on any atom is 0.126 e. The van der Waals surface area contributed by atoms with E-state index in [9.17, 15) is 0 Å². The van der Waals surface area contributed by atoms with E-state index in [1.54, 1.807) is 17.5 Å². The Balaban J connectivity index is 2.18. The van der Waals surface area contributed by atoms with Gasteiger partial charge in [0, 0.05) is 29.6 Å². The van der Waals surface area contributed by atoms with Crippen molar-refractivity contribution in [3.63, 3.8) is 0 Å². The Morgan fingerprint density at radius 2 is 2.50 bits per heavy atom. The maximum absolute atomic E-state index is 5.70. The third-order valence-electron chi connectivity index (χ3n) is 1.83. The van der Waals surface area contributed by atoms with Gasteiger partial charge in [0.05, 0.1) is 11.9 Å². The van der Waals surface area contributed by atoms with Crippen LogP contribution >= 0.6 is 11.3 Å². The third kappa shape index (κ3) is 2.00. The summed E-state index contributed by atoms with van der Waals surface area (Å²) < 4.78 is 0. The lowest BCUT2D eigenvalue weighted by molar-refractivity contribution is 0.726. The molecule has 0 aliphatic rings. The van der Waals surface area contributed by atoms with Crippen molar-refractivity contribution in [2.24, 2.45) is 5.73 Å². The number of H-pyrrole nitrogens is 1. The summed E-state index contributed by atoms with van der Waals surface area (Å²) in [6, 6.07) is 0.161. The molecule has 0 aliphatic heterocycles. The van der Waals surface area contributed by atoms with Gasteiger partial charge < -0.3 is 5.73 Å². The van der Waals surface area contributed by atoms with Crippen LogP contribution in [0.2, 0.25) is 0 Å². The van der Waals surface area contributed by atoms with Crippen molar-refractivity contribution >= 4 is 11.3 Å². The molecular weight excluding hydrogens is 196 g/mol. The second-order valence-electron chi connectivity index (χ2n) is 3.31. The highest BCUT2D eigenvalue weighted by Gasteiger charge is 2.06. The van der Waals surface area contributed by atoms with Gasteiger partial charge in [-0.15, -0.1) is 11.3 Å². The van der Waals surface area contributed by atoms with Gasteiger partial charge in [0.1, 0.15) is 5.01 Å². The number of thiazole rings is 1. The molecule has 0 fully saturated rings. The Kier molecular flexibility index (Phi) is 2.60. The van der Waals surface area contributed by atoms with Gasteiger partial charge in [-0.3, -0.25) is 5.10 Å². The van der Waals surface area contributed by atoms with E-state index in [0.29, 0.717) is 0 Å². The lowest BCUT2D eigenvalue weighted by Gasteiger charge is -1.99. The summed E-state index contributed by atoms with van der Waals surface area (Å²) >= 11 is 1.62. The average molecular weight is 208 g/mol. The molecule has 2 aromatic rings. The van der Waals surface area contributed by atoms with Crippen LogP contribution < -0.4 is 5.73 Å². The molecule has 2 heterocycles. The van der Waals surface area contributed by atoms with Crippen LogP contribution in [-0.4, -0.2) is 21.2 Å². The molecule has 0 bridgehead atoms. The Morgan fingerprint density at radius 3 is 3.14 bits per heavy atom. The van der Waals surface area contributed by atoms with E-state index in [-0.39, 0.29) is 6.04 Å². The zero-order valence-electron chi connectivity index (χ0n) is 7.90. The molecule has 0 amide bonds. The first-order valence-corrected chi connectivity index (χ1v) is 5.33. The zero-order valence-corrected chi connectivity index (χ0v) is 8.71. The van der Waals surface area contributed by atoms with E-state index in [0.717, 1.165) is 22.7 Å². The standard InChI is InChI=1S/C9H12N4S/c1-6(10)2-8-5-14-9(13-8)7-3-11-12-4-7/h3-6H,2,10H2,1H3,(H,11,12). The van der Waals surface area contributed by atoms with Gasteiger partial charge in [0.2, 0.25) is 0 Å². The third-order valence-corrected chi connectivity index (χ3v) is 2.77. The largest absolute Gasteiger partial charge is 0.328 e. The highest BCUT2D eigenvalue weighted by atomic mass is 32.1. The number of hydrogen-bond donors (Lipinski definition) is 2. The first-order valence-electron chi connectivity index (χ1n) is 4.45. The molecule has 14 heavy (non-hydrogen) atoms. The Bertz CT molecular complexity index is 391.